The summed E-state index contributed by atoms with van der Waals surface area (Å²) < 4.78 is 28.0. The molecule has 7 rings (SSSR count). The molecule has 196 valence electrons. The Morgan fingerprint density at radius 3 is 2.72 bits per heavy atom. The molecule has 1 amide bonds. The Balaban J connectivity index is 1.12. The van der Waals surface area contributed by atoms with E-state index in [4.69, 9.17) is 9.15 Å². The number of aromatic nitrogens is 5. The van der Waals surface area contributed by atoms with Gasteiger partial charge in [0.25, 0.3) is 11.5 Å². The first-order valence-electron chi connectivity index (χ1n) is 12.7. The number of carbonyl (C=O) groups excluding carboxylic acids is 1. The highest BCUT2D eigenvalue weighted by Gasteiger charge is 2.29. The number of H-pyrrole nitrogens is 1. The monoisotopic (exact) mass is 526 g/mol. The van der Waals surface area contributed by atoms with E-state index in [2.05, 4.69) is 20.4 Å². The van der Waals surface area contributed by atoms with Gasteiger partial charge in [0.1, 0.15) is 11.6 Å². The molecule has 1 saturated heterocycles. The van der Waals surface area contributed by atoms with Gasteiger partial charge < -0.3 is 18.6 Å². The van der Waals surface area contributed by atoms with Crippen molar-refractivity contribution in [2.24, 2.45) is 0 Å². The number of benzene rings is 2. The van der Waals surface area contributed by atoms with Crippen LogP contribution in [0, 0.1) is 5.82 Å². The molecule has 0 saturated carbocycles. The lowest BCUT2D eigenvalue weighted by molar-refractivity contribution is 0.0000948. The summed E-state index contributed by atoms with van der Waals surface area (Å²) in [6.07, 6.45) is 0.327. The van der Waals surface area contributed by atoms with Gasteiger partial charge in [0, 0.05) is 24.9 Å². The molecule has 10 nitrogen and oxygen atoms in total. The second-order valence-corrected chi connectivity index (χ2v) is 9.79. The number of halogens is 1. The highest BCUT2D eigenvalue weighted by Crippen LogP contribution is 2.31. The standard InChI is InChI=1S/C28H23FN6O4/c29-21-6-5-16(12-22-18-3-1-2-4-19(18)27(36)33-30-22)11-20(21)28(37)34-9-10-35-25(13-34)31-32-26(35)24-8-7-23(39-24)17-14-38-15-17/h1-8,11,17H,9-10,12-15H2,(H,33,36). The number of nitrogens with one attached hydrogen (secondary N) is 1. The number of ether oxygens (including phenoxy) is 1. The minimum absolute atomic E-state index is 0.0205. The van der Waals surface area contributed by atoms with Crippen LogP contribution < -0.4 is 5.56 Å². The molecule has 2 aliphatic heterocycles. The number of nitrogens with zero attached hydrogens (tertiary/aromatic N) is 5. The molecule has 0 radical (unpaired) electrons. The molecule has 0 spiro atoms. The zero-order chi connectivity index (χ0) is 26.5. The van der Waals surface area contributed by atoms with E-state index in [1.807, 2.05) is 28.8 Å². The first kappa shape index (κ1) is 23.5. The molecule has 0 bridgehead atoms. The van der Waals surface area contributed by atoms with Crippen molar-refractivity contribution in [3.05, 3.63) is 99.2 Å². The maximum absolute atomic E-state index is 14.9. The number of hydrogen-bond acceptors (Lipinski definition) is 7. The maximum Gasteiger partial charge on any atom is 0.272 e. The SMILES string of the molecule is O=C(c1cc(Cc2n[nH]c(=O)c3ccccc23)ccc1F)N1CCn2c(nnc2-c2ccc(C3COC3)o2)C1. The van der Waals surface area contributed by atoms with Gasteiger partial charge in [-0.1, -0.05) is 24.3 Å². The predicted octanol–water partition coefficient (Wildman–Crippen LogP) is 3.27. The second kappa shape index (κ2) is 9.28. The van der Waals surface area contributed by atoms with Crippen molar-refractivity contribution in [1.82, 2.24) is 29.9 Å². The molecule has 1 fully saturated rings. The fourth-order valence-corrected chi connectivity index (χ4v) is 5.12. The Hall–Kier alpha value is -4.64. The summed E-state index contributed by atoms with van der Waals surface area (Å²) in [6.45, 7) is 2.33. The first-order chi connectivity index (χ1) is 19.0. The van der Waals surface area contributed by atoms with E-state index in [0.29, 0.717) is 72.2 Å². The largest absolute Gasteiger partial charge is 0.457 e. The van der Waals surface area contributed by atoms with E-state index >= 15 is 0 Å². The Morgan fingerprint density at radius 1 is 1.05 bits per heavy atom. The van der Waals surface area contributed by atoms with Crippen molar-refractivity contribution < 1.29 is 18.3 Å². The van der Waals surface area contributed by atoms with E-state index < -0.39 is 11.7 Å². The van der Waals surface area contributed by atoms with Gasteiger partial charge in [-0.15, -0.1) is 10.2 Å². The number of furan rings is 1. The van der Waals surface area contributed by atoms with E-state index in [-0.39, 0.29) is 23.6 Å². The summed E-state index contributed by atoms with van der Waals surface area (Å²) in [6, 6.07) is 15.5. The summed E-state index contributed by atoms with van der Waals surface area (Å²) in [4.78, 5) is 27.1. The number of hydrogen-bond donors (Lipinski definition) is 1. The lowest BCUT2D eigenvalue weighted by atomic mass is 10.0. The molecular formula is C28H23FN6O4. The fourth-order valence-electron chi connectivity index (χ4n) is 5.12. The number of aromatic amines is 1. The summed E-state index contributed by atoms with van der Waals surface area (Å²) in [5.74, 6) is 1.94. The minimum Gasteiger partial charge on any atom is -0.457 e. The van der Waals surface area contributed by atoms with Gasteiger partial charge in [-0.2, -0.15) is 5.10 Å². The van der Waals surface area contributed by atoms with Crippen LogP contribution in [-0.4, -0.2) is 55.5 Å². The van der Waals surface area contributed by atoms with E-state index in [1.54, 1.807) is 29.2 Å². The third-order valence-corrected chi connectivity index (χ3v) is 7.34. The molecule has 1 N–H and O–H groups in total. The highest BCUT2D eigenvalue weighted by atomic mass is 19.1. The van der Waals surface area contributed by atoms with Gasteiger partial charge in [0.05, 0.1) is 42.3 Å². The third-order valence-electron chi connectivity index (χ3n) is 7.34. The summed E-state index contributed by atoms with van der Waals surface area (Å²) in [5.41, 5.74) is 1.05. The molecule has 2 aromatic carbocycles. The van der Waals surface area contributed by atoms with Crippen molar-refractivity contribution >= 4 is 16.7 Å². The van der Waals surface area contributed by atoms with E-state index in [0.717, 1.165) is 5.76 Å². The van der Waals surface area contributed by atoms with Gasteiger partial charge in [-0.25, -0.2) is 9.49 Å². The highest BCUT2D eigenvalue weighted by molar-refractivity contribution is 5.94. The normalized spacial score (nSPS) is 15.4. The van der Waals surface area contributed by atoms with Crippen LogP contribution in [0.2, 0.25) is 0 Å². The molecule has 39 heavy (non-hydrogen) atoms. The van der Waals surface area contributed by atoms with Crippen LogP contribution >= 0.6 is 0 Å². The van der Waals surface area contributed by atoms with Crippen LogP contribution in [0.3, 0.4) is 0 Å². The van der Waals surface area contributed by atoms with Gasteiger partial charge in [-0.3, -0.25) is 9.59 Å². The zero-order valence-electron chi connectivity index (χ0n) is 20.8. The lowest BCUT2D eigenvalue weighted by Crippen LogP contribution is -2.39. The Morgan fingerprint density at radius 2 is 1.90 bits per heavy atom. The van der Waals surface area contributed by atoms with Gasteiger partial charge in [0.2, 0.25) is 0 Å². The molecule has 5 heterocycles. The van der Waals surface area contributed by atoms with Crippen molar-refractivity contribution in [2.45, 2.75) is 25.4 Å². The van der Waals surface area contributed by atoms with Crippen molar-refractivity contribution in [3.8, 4) is 11.6 Å². The molecular weight excluding hydrogens is 503 g/mol. The van der Waals surface area contributed by atoms with Crippen LogP contribution in [-0.2, 0) is 24.2 Å². The Bertz CT molecular complexity index is 1790. The molecule has 3 aromatic heterocycles. The van der Waals surface area contributed by atoms with Gasteiger partial charge in [-0.05, 0) is 35.9 Å². The summed E-state index contributed by atoms with van der Waals surface area (Å²) in [7, 11) is 0. The number of rotatable bonds is 5. The van der Waals surface area contributed by atoms with Gasteiger partial charge >= 0.3 is 0 Å². The smallest absolute Gasteiger partial charge is 0.272 e. The summed E-state index contributed by atoms with van der Waals surface area (Å²) >= 11 is 0. The van der Waals surface area contributed by atoms with Crippen molar-refractivity contribution in [3.63, 3.8) is 0 Å². The number of fused-ring (bicyclic) bond motifs is 2. The molecule has 0 atom stereocenters. The fraction of sp³-hybridized carbons (Fsp3) is 0.250. The molecule has 0 aliphatic carbocycles. The number of carbonyl (C=O) groups is 1. The molecule has 11 heteroatoms. The predicted molar refractivity (Wildman–Crippen MR) is 138 cm³/mol. The van der Waals surface area contributed by atoms with Crippen LogP contribution in [0.15, 0.2) is 63.8 Å². The van der Waals surface area contributed by atoms with Crippen LogP contribution in [0.4, 0.5) is 4.39 Å². The topological polar surface area (TPSA) is 119 Å². The van der Waals surface area contributed by atoms with Gasteiger partial charge in [0.15, 0.2) is 17.4 Å². The quantitative estimate of drug-likeness (QED) is 0.373. The third kappa shape index (κ3) is 4.11. The van der Waals surface area contributed by atoms with Crippen molar-refractivity contribution in [2.75, 3.05) is 19.8 Å². The average Bonchev–Trinajstić information content (AvgIpc) is 3.57. The van der Waals surface area contributed by atoms with Crippen LogP contribution in [0.25, 0.3) is 22.4 Å². The maximum atomic E-state index is 14.9. The Labute approximate surface area is 221 Å². The minimum atomic E-state index is -0.598. The number of amides is 1. The van der Waals surface area contributed by atoms with Crippen LogP contribution in [0.1, 0.15) is 39.1 Å². The summed E-state index contributed by atoms with van der Waals surface area (Å²) in [5, 5.41) is 16.6. The van der Waals surface area contributed by atoms with E-state index in [9.17, 15) is 14.0 Å². The first-order valence-corrected chi connectivity index (χ1v) is 12.7. The second-order valence-electron chi connectivity index (χ2n) is 9.79. The zero-order valence-corrected chi connectivity index (χ0v) is 20.8. The lowest BCUT2D eigenvalue weighted by Gasteiger charge is -2.28. The average molecular weight is 527 g/mol. The van der Waals surface area contributed by atoms with E-state index in [1.165, 1.54) is 6.07 Å². The molecule has 2 aliphatic rings. The van der Waals surface area contributed by atoms with Crippen LogP contribution in [0.5, 0.6) is 0 Å². The Kier molecular flexibility index (Phi) is 5.58. The molecule has 5 aromatic rings. The van der Waals surface area contributed by atoms with Crippen molar-refractivity contribution in [1.29, 1.82) is 0 Å². The molecule has 0 unspecified atom stereocenters.